The second-order valence-electron chi connectivity index (χ2n) is 20.8. The standard InChI is InChI=1S/C58H111N2O7P/c1-7-10-13-16-19-22-25-28-29-30-31-33-36-39-42-45-48-51-58(62)67-56(49-46-43-40-37-34-27-24-21-18-15-12-9-3)55(54-66-68(63,64)65-53-52-60(4,5)6)59-57(61)50-47-44-41-38-35-32-26-23-20-17-14-11-8-2/h19,22,28-29,46,49,55-56H,7-18,20-21,23-27,30-45,47-48,50-54H2,1-6H3,(H-,59,61,63,64)/b22-19-,29-28-,49-46+. The van der Waals surface area contributed by atoms with Crippen LogP contribution >= 0.6 is 7.82 Å². The molecule has 10 heteroatoms. The van der Waals surface area contributed by atoms with Crippen LogP contribution in [0.2, 0.25) is 0 Å². The smallest absolute Gasteiger partial charge is 0.306 e. The van der Waals surface area contributed by atoms with Gasteiger partial charge in [-0.25, -0.2) is 0 Å². The van der Waals surface area contributed by atoms with Crippen LogP contribution in [0.15, 0.2) is 36.5 Å². The molecule has 1 N–H and O–H groups in total. The van der Waals surface area contributed by atoms with E-state index in [-0.39, 0.29) is 31.5 Å². The molecule has 0 aliphatic heterocycles. The zero-order valence-corrected chi connectivity index (χ0v) is 46.5. The lowest BCUT2D eigenvalue weighted by atomic mass is 10.0. The third-order valence-corrected chi connectivity index (χ3v) is 13.8. The highest BCUT2D eigenvalue weighted by Gasteiger charge is 2.27. The number of nitrogens with zero attached hydrogens (tertiary/aromatic N) is 1. The predicted octanol–water partition coefficient (Wildman–Crippen LogP) is 16.5. The summed E-state index contributed by atoms with van der Waals surface area (Å²) in [5, 5.41) is 3.02. The average Bonchev–Trinajstić information content (AvgIpc) is 3.29. The van der Waals surface area contributed by atoms with Crippen LogP contribution in [-0.4, -0.2) is 69.4 Å². The van der Waals surface area contributed by atoms with E-state index in [9.17, 15) is 19.0 Å². The summed E-state index contributed by atoms with van der Waals surface area (Å²) in [6, 6.07) is -0.886. The first-order chi connectivity index (χ1) is 32.9. The second kappa shape index (κ2) is 48.8. The highest BCUT2D eigenvalue weighted by molar-refractivity contribution is 7.45. The minimum Gasteiger partial charge on any atom is -0.756 e. The number of phosphoric ester groups is 1. The zero-order chi connectivity index (χ0) is 50.1. The predicted molar refractivity (Wildman–Crippen MR) is 289 cm³/mol. The van der Waals surface area contributed by atoms with E-state index < -0.39 is 20.0 Å². The molecular formula is C58H111N2O7P. The van der Waals surface area contributed by atoms with Crippen molar-refractivity contribution in [3.8, 4) is 0 Å². The number of ether oxygens (including phenoxy) is 1. The number of quaternary nitrogens is 1. The second-order valence-corrected chi connectivity index (χ2v) is 22.2. The topological polar surface area (TPSA) is 114 Å². The largest absolute Gasteiger partial charge is 0.756 e. The molecule has 9 nitrogen and oxygen atoms in total. The van der Waals surface area contributed by atoms with Crippen molar-refractivity contribution in [2.75, 3.05) is 40.9 Å². The molecule has 0 radical (unpaired) electrons. The van der Waals surface area contributed by atoms with Gasteiger partial charge in [-0.1, -0.05) is 231 Å². The summed E-state index contributed by atoms with van der Waals surface area (Å²) in [5.74, 6) is -0.541. The fraction of sp³-hybridized carbons (Fsp3) is 0.862. The number of rotatable bonds is 52. The number of carbonyl (C=O) groups excluding carboxylic acids is 2. The molecule has 3 unspecified atom stereocenters. The first-order valence-corrected chi connectivity index (χ1v) is 30.3. The summed E-state index contributed by atoms with van der Waals surface area (Å²) in [6.45, 7) is 6.82. The van der Waals surface area contributed by atoms with Crippen LogP contribution < -0.4 is 10.2 Å². The van der Waals surface area contributed by atoms with Gasteiger partial charge < -0.3 is 28.5 Å². The van der Waals surface area contributed by atoms with Crippen LogP contribution in [0.5, 0.6) is 0 Å². The molecule has 0 aromatic heterocycles. The summed E-state index contributed by atoms with van der Waals surface area (Å²) >= 11 is 0. The Morgan fingerprint density at radius 1 is 0.515 bits per heavy atom. The molecule has 0 fully saturated rings. The van der Waals surface area contributed by atoms with Crippen molar-refractivity contribution in [2.45, 2.75) is 283 Å². The van der Waals surface area contributed by atoms with E-state index >= 15 is 0 Å². The van der Waals surface area contributed by atoms with Crippen molar-refractivity contribution in [1.29, 1.82) is 0 Å². The van der Waals surface area contributed by atoms with E-state index in [1.807, 2.05) is 33.3 Å². The number of hydrogen-bond donors (Lipinski definition) is 1. The Kier molecular flexibility index (Phi) is 47.6. The molecule has 3 atom stereocenters. The molecule has 0 heterocycles. The highest BCUT2D eigenvalue weighted by atomic mass is 31.2. The molecular weight excluding hydrogens is 868 g/mol. The van der Waals surface area contributed by atoms with Crippen LogP contribution in [-0.2, 0) is 27.9 Å². The quantitative estimate of drug-likeness (QED) is 0.0212. The van der Waals surface area contributed by atoms with Gasteiger partial charge in [-0.05, 0) is 63.9 Å². The van der Waals surface area contributed by atoms with Gasteiger partial charge in [-0.3, -0.25) is 14.2 Å². The average molecular weight is 980 g/mol. The van der Waals surface area contributed by atoms with Crippen molar-refractivity contribution in [3.05, 3.63) is 36.5 Å². The van der Waals surface area contributed by atoms with Crippen molar-refractivity contribution in [1.82, 2.24) is 5.32 Å². The van der Waals surface area contributed by atoms with Crippen molar-refractivity contribution >= 4 is 19.7 Å². The van der Waals surface area contributed by atoms with E-state index in [2.05, 4.69) is 50.4 Å². The number of amides is 1. The lowest BCUT2D eigenvalue weighted by Gasteiger charge is -2.30. The molecule has 0 aromatic carbocycles. The zero-order valence-electron chi connectivity index (χ0n) is 45.6. The Morgan fingerprint density at radius 2 is 0.897 bits per heavy atom. The Morgan fingerprint density at radius 3 is 1.35 bits per heavy atom. The monoisotopic (exact) mass is 979 g/mol. The lowest BCUT2D eigenvalue weighted by molar-refractivity contribution is -0.870. The number of nitrogens with one attached hydrogen (secondary N) is 1. The van der Waals surface area contributed by atoms with Gasteiger partial charge in [0.15, 0.2) is 0 Å². The summed E-state index contributed by atoms with van der Waals surface area (Å²) in [6.07, 6.45) is 56.7. The number of esters is 1. The first kappa shape index (κ1) is 66.2. The van der Waals surface area contributed by atoms with E-state index in [1.165, 1.54) is 161 Å². The van der Waals surface area contributed by atoms with Gasteiger partial charge in [-0.15, -0.1) is 0 Å². The number of allylic oxidation sites excluding steroid dienone is 5. The summed E-state index contributed by atoms with van der Waals surface area (Å²) in [4.78, 5) is 39.8. The number of phosphoric acid groups is 1. The van der Waals surface area contributed by atoms with E-state index in [4.69, 9.17) is 13.8 Å². The molecule has 0 bridgehead atoms. The van der Waals surface area contributed by atoms with Gasteiger partial charge in [0.25, 0.3) is 7.82 Å². The fourth-order valence-electron chi connectivity index (χ4n) is 8.32. The number of unbranched alkanes of at least 4 members (excludes halogenated alkanes) is 32. The highest BCUT2D eigenvalue weighted by Crippen LogP contribution is 2.38. The Bertz CT molecular complexity index is 1270. The van der Waals surface area contributed by atoms with Gasteiger partial charge in [0, 0.05) is 12.8 Å². The molecule has 400 valence electrons. The third kappa shape index (κ3) is 49.2. The number of carbonyl (C=O) groups is 2. The lowest BCUT2D eigenvalue weighted by Crippen LogP contribution is -2.47. The van der Waals surface area contributed by atoms with Gasteiger partial charge >= 0.3 is 5.97 Å². The van der Waals surface area contributed by atoms with Crippen LogP contribution in [0.4, 0.5) is 0 Å². The van der Waals surface area contributed by atoms with Crippen molar-refractivity contribution in [2.24, 2.45) is 0 Å². The minimum absolute atomic E-state index is 0.0216. The Labute approximate surface area is 421 Å². The van der Waals surface area contributed by atoms with Crippen molar-refractivity contribution < 1.29 is 37.3 Å². The fourth-order valence-corrected chi connectivity index (χ4v) is 9.04. The molecule has 0 spiro atoms. The molecule has 0 aliphatic rings. The normalized spacial score (nSPS) is 14.0. The molecule has 0 aliphatic carbocycles. The van der Waals surface area contributed by atoms with Gasteiger partial charge in [0.05, 0.1) is 33.8 Å². The van der Waals surface area contributed by atoms with Crippen LogP contribution in [0, 0.1) is 0 Å². The molecule has 0 saturated carbocycles. The molecule has 0 aromatic rings. The van der Waals surface area contributed by atoms with Crippen LogP contribution in [0.25, 0.3) is 0 Å². The van der Waals surface area contributed by atoms with Gasteiger partial charge in [0.1, 0.15) is 19.3 Å². The minimum atomic E-state index is -4.69. The van der Waals surface area contributed by atoms with Gasteiger partial charge in [0.2, 0.25) is 5.91 Å². The Hall–Kier alpha value is -1.77. The number of hydrogen-bond acceptors (Lipinski definition) is 7. The van der Waals surface area contributed by atoms with Gasteiger partial charge in [-0.2, -0.15) is 0 Å². The van der Waals surface area contributed by atoms with Crippen LogP contribution in [0.1, 0.15) is 271 Å². The van der Waals surface area contributed by atoms with Crippen molar-refractivity contribution in [3.63, 3.8) is 0 Å². The van der Waals surface area contributed by atoms with E-state index in [0.29, 0.717) is 17.4 Å². The first-order valence-electron chi connectivity index (χ1n) is 28.8. The van der Waals surface area contributed by atoms with E-state index in [0.717, 1.165) is 77.0 Å². The maximum absolute atomic E-state index is 13.5. The molecule has 68 heavy (non-hydrogen) atoms. The summed E-state index contributed by atoms with van der Waals surface area (Å²) < 4.78 is 30.2. The molecule has 1 amide bonds. The Balaban J connectivity index is 5.33. The maximum atomic E-state index is 13.5. The molecule has 0 saturated heterocycles. The maximum Gasteiger partial charge on any atom is 0.306 e. The van der Waals surface area contributed by atoms with E-state index in [1.54, 1.807) is 0 Å². The summed E-state index contributed by atoms with van der Waals surface area (Å²) in [5.41, 5.74) is 0. The van der Waals surface area contributed by atoms with Crippen LogP contribution in [0.3, 0.4) is 0 Å². The third-order valence-electron chi connectivity index (χ3n) is 12.8. The summed E-state index contributed by atoms with van der Waals surface area (Å²) in [7, 11) is 1.19. The number of likely N-dealkylation sites (N-methyl/N-ethyl adjacent to an activating group) is 1. The SMILES string of the molecule is CCCCC/C=C\C/C=C\CCCCCCCCCC(=O)OC(/C=C/CCCCCCCCCCCC)C(COP(=O)([O-])OCC[N+](C)(C)C)NC(=O)CCCCCCCCCCCCCCC. The molecule has 0 rings (SSSR count).